The summed E-state index contributed by atoms with van der Waals surface area (Å²) in [5.41, 5.74) is 2.27. The molecule has 1 heterocycles. The van der Waals surface area contributed by atoms with Gasteiger partial charge in [0.05, 0.1) is 12.1 Å². The Bertz CT molecular complexity index is 635. The van der Waals surface area contributed by atoms with Crippen LogP contribution in [-0.4, -0.2) is 28.3 Å². The quantitative estimate of drug-likeness (QED) is 0.682. The van der Waals surface area contributed by atoms with E-state index in [9.17, 15) is 9.90 Å². The number of rotatable bonds is 5. The van der Waals surface area contributed by atoms with Gasteiger partial charge in [-0.15, -0.1) is 0 Å². The van der Waals surface area contributed by atoms with Gasteiger partial charge in [-0.25, -0.2) is 4.79 Å². The molecule has 0 aliphatic rings. The highest BCUT2D eigenvalue weighted by Crippen LogP contribution is 2.20. The molecule has 0 fully saturated rings. The predicted octanol–water partition coefficient (Wildman–Crippen LogP) is 3.15. The predicted molar refractivity (Wildman–Crippen MR) is 85.6 cm³/mol. The number of nitrogens with one attached hydrogen (secondary N) is 3. The third-order valence-corrected chi connectivity index (χ3v) is 3.58. The lowest BCUT2D eigenvalue weighted by atomic mass is 9.98. The lowest BCUT2D eigenvalue weighted by Gasteiger charge is -2.28. The smallest absolute Gasteiger partial charge is 0.319 e. The molecule has 114 valence electrons. The van der Waals surface area contributed by atoms with E-state index < -0.39 is 5.54 Å². The Morgan fingerprint density at radius 2 is 2.14 bits per heavy atom. The largest absolute Gasteiger partial charge is 0.394 e. The Morgan fingerprint density at radius 3 is 2.81 bits per heavy atom. The van der Waals surface area contributed by atoms with E-state index in [0.29, 0.717) is 0 Å². The second-order valence-electron chi connectivity index (χ2n) is 5.80. The summed E-state index contributed by atoms with van der Waals surface area (Å²) in [5.74, 6) is 0. The molecule has 0 aliphatic heterocycles. The van der Waals surface area contributed by atoms with Crippen molar-refractivity contribution in [3.05, 3.63) is 30.0 Å². The van der Waals surface area contributed by atoms with Crippen molar-refractivity contribution in [3.63, 3.8) is 0 Å². The summed E-state index contributed by atoms with van der Waals surface area (Å²) in [6, 6.07) is 7.46. The molecule has 2 amide bonds. The molecule has 0 bridgehead atoms. The summed E-state index contributed by atoms with van der Waals surface area (Å²) in [7, 11) is 0. The van der Waals surface area contributed by atoms with E-state index in [1.165, 1.54) is 0 Å². The van der Waals surface area contributed by atoms with Gasteiger partial charge in [-0.05, 0) is 44.5 Å². The normalized spacial score (nSPS) is 13.9. The van der Waals surface area contributed by atoms with Crippen molar-refractivity contribution in [1.82, 2.24) is 10.3 Å². The molecule has 1 unspecified atom stereocenters. The first-order valence-electron chi connectivity index (χ1n) is 7.25. The van der Waals surface area contributed by atoms with E-state index in [2.05, 4.69) is 15.6 Å². The Balaban J connectivity index is 2.06. The SMILES string of the molecule is CCCC(C)(CO)NC(=O)Nc1ccc2[nH]c(C)cc2c1. The van der Waals surface area contributed by atoms with Crippen LogP contribution in [0, 0.1) is 6.92 Å². The van der Waals surface area contributed by atoms with Gasteiger partial charge in [0, 0.05) is 22.3 Å². The van der Waals surface area contributed by atoms with Gasteiger partial charge in [-0.3, -0.25) is 0 Å². The maximum Gasteiger partial charge on any atom is 0.319 e. The number of aromatic nitrogens is 1. The number of amides is 2. The molecule has 0 spiro atoms. The fourth-order valence-corrected chi connectivity index (χ4v) is 2.52. The van der Waals surface area contributed by atoms with E-state index in [1.54, 1.807) is 0 Å². The number of benzene rings is 1. The number of urea groups is 1. The number of H-pyrrole nitrogens is 1. The van der Waals surface area contributed by atoms with Crippen LogP contribution in [0.15, 0.2) is 24.3 Å². The molecule has 5 nitrogen and oxygen atoms in total. The maximum atomic E-state index is 12.1. The second kappa shape index (κ2) is 6.18. The Kier molecular flexibility index (Phi) is 4.53. The van der Waals surface area contributed by atoms with Gasteiger partial charge in [0.2, 0.25) is 0 Å². The van der Waals surface area contributed by atoms with E-state index in [4.69, 9.17) is 0 Å². The lowest BCUT2D eigenvalue weighted by Crippen LogP contribution is -2.50. The molecule has 2 aromatic rings. The molecule has 4 N–H and O–H groups in total. The van der Waals surface area contributed by atoms with E-state index in [1.807, 2.05) is 45.0 Å². The first-order valence-corrected chi connectivity index (χ1v) is 7.25. The van der Waals surface area contributed by atoms with Crippen LogP contribution >= 0.6 is 0 Å². The Morgan fingerprint density at radius 1 is 1.38 bits per heavy atom. The Labute approximate surface area is 124 Å². The summed E-state index contributed by atoms with van der Waals surface area (Å²) in [6.45, 7) is 5.78. The van der Waals surface area contributed by atoms with Gasteiger partial charge in [0.1, 0.15) is 0 Å². The monoisotopic (exact) mass is 289 g/mol. The topological polar surface area (TPSA) is 77.2 Å². The first-order chi connectivity index (χ1) is 9.95. The molecule has 1 atom stereocenters. The van der Waals surface area contributed by atoms with Gasteiger partial charge in [0.15, 0.2) is 0 Å². The zero-order chi connectivity index (χ0) is 15.5. The Hall–Kier alpha value is -2.01. The number of aliphatic hydroxyl groups excluding tert-OH is 1. The number of hydrogen-bond acceptors (Lipinski definition) is 2. The van der Waals surface area contributed by atoms with Gasteiger partial charge in [-0.1, -0.05) is 13.3 Å². The minimum absolute atomic E-state index is 0.0791. The van der Waals surface area contributed by atoms with Crippen LogP contribution in [-0.2, 0) is 0 Å². The van der Waals surface area contributed by atoms with Gasteiger partial charge < -0.3 is 20.7 Å². The van der Waals surface area contributed by atoms with Crippen molar-refractivity contribution >= 4 is 22.6 Å². The number of carbonyl (C=O) groups excluding carboxylic acids is 1. The lowest BCUT2D eigenvalue weighted by molar-refractivity contribution is 0.167. The third kappa shape index (κ3) is 3.76. The molecule has 0 radical (unpaired) electrons. The van der Waals surface area contributed by atoms with Crippen LogP contribution in [0.5, 0.6) is 0 Å². The van der Waals surface area contributed by atoms with Gasteiger partial charge in [-0.2, -0.15) is 0 Å². The highest BCUT2D eigenvalue weighted by molar-refractivity contribution is 5.93. The zero-order valence-corrected chi connectivity index (χ0v) is 12.8. The second-order valence-corrected chi connectivity index (χ2v) is 5.80. The van der Waals surface area contributed by atoms with E-state index >= 15 is 0 Å². The van der Waals surface area contributed by atoms with Crippen molar-refractivity contribution in [1.29, 1.82) is 0 Å². The fourth-order valence-electron chi connectivity index (χ4n) is 2.52. The van der Waals surface area contributed by atoms with Crippen molar-refractivity contribution in [2.24, 2.45) is 0 Å². The van der Waals surface area contributed by atoms with Crippen LogP contribution in [0.25, 0.3) is 10.9 Å². The van der Waals surface area contributed by atoms with Crippen molar-refractivity contribution in [2.45, 2.75) is 39.2 Å². The van der Waals surface area contributed by atoms with E-state index in [-0.39, 0.29) is 12.6 Å². The average Bonchev–Trinajstić information content (AvgIpc) is 2.78. The number of anilines is 1. The van der Waals surface area contributed by atoms with Crippen LogP contribution in [0.3, 0.4) is 0 Å². The molecule has 5 heteroatoms. The maximum absolute atomic E-state index is 12.1. The number of aliphatic hydroxyl groups is 1. The minimum atomic E-state index is -0.590. The molecule has 1 aromatic heterocycles. The van der Waals surface area contributed by atoms with Gasteiger partial charge in [0.25, 0.3) is 0 Å². The van der Waals surface area contributed by atoms with Crippen LogP contribution in [0.4, 0.5) is 10.5 Å². The summed E-state index contributed by atoms with van der Waals surface area (Å²) in [6.07, 6.45) is 1.62. The third-order valence-electron chi connectivity index (χ3n) is 3.58. The summed E-state index contributed by atoms with van der Waals surface area (Å²) in [5, 5.41) is 16.1. The number of carbonyl (C=O) groups is 1. The molecule has 0 saturated carbocycles. The minimum Gasteiger partial charge on any atom is -0.394 e. The number of fused-ring (bicyclic) bond motifs is 1. The molecule has 0 aliphatic carbocycles. The average molecular weight is 289 g/mol. The van der Waals surface area contributed by atoms with Crippen LogP contribution in [0.2, 0.25) is 0 Å². The highest BCUT2D eigenvalue weighted by atomic mass is 16.3. The fraction of sp³-hybridized carbons (Fsp3) is 0.438. The van der Waals surface area contributed by atoms with Crippen LogP contribution in [0.1, 0.15) is 32.4 Å². The molecular formula is C16H23N3O2. The molecule has 21 heavy (non-hydrogen) atoms. The standard InChI is InChI=1S/C16H23N3O2/c1-4-7-16(3,10-20)19-15(21)18-13-5-6-14-12(9-13)8-11(2)17-14/h5-6,8-9,17,20H,4,7,10H2,1-3H3,(H2,18,19,21). The number of aryl methyl sites for hydroxylation is 1. The van der Waals surface area contributed by atoms with Crippen molar-refractivity contribution in [2.75, 3.05) is 11.9 Å². The molecule has 0 saturated heterocycles. The number of hydrogen-bond donors (Lipinski definition) is 4. The summed E-state index contributed by atoms with van der Waals surface area (Å²) < 4.78 is 0. The zero-order valence-electron chi connectivity index (χ0n) is 12.8. The van der Waals surface area contributed by atoms with Crippen LogP contribution < -0.4 is 10.6 Å². The van der Waals surface area contributed by atoms with E-state index in [0.717, 1.165) is 35.1 Å². The summed E-state index contributed by atoms with van der Waals surface area (Å²) in [4.78, 5) is 15.3. The highest BCUT2D eigenvalue weighted by Gasteiger charge is 2.24. The molecule has 2 rings (SSSR count). The first kappa shape index (κ1) is 15.4. The van der Waals surface area contributed by atoms with Crippen molar-refractivity contribution in [3.8, 4) is 0 Å². The number of aromatic amines is 1. The summed E-state index contributed by atoms with van der Waals surface area (Å²) >= 11 is 0. The molecule has 1 aromatic carbocycles. The van der Waals surface area contributed by atoms with Gasteiger partial charge >= 0.3 is 6.03 Å². The molecular weight excluding hydrogens is 266 g/mol. The van der Waals surface area contributed by atoms with Crippen molar-refractivity contribution < 1.29 is 9.90 Å².